The summed E-state index contributed by atoms with van der Waals surface area (Å²) in [5, 5.41) is 8.84. The van der Waals surface area contributed by atoms with Crippen molar-refractivity contribution >= 4 is 0 Å². The highest BCUT2D eigenvalue weighted by Crippen LogP contribution is 2.37. The van der Waals surface area contributed by atoms with Gasteiger partial charge in [-0.15, -0.1) is 0 Å². The molecule has 0 spiro atoms. The van der Waals surface area contributed by atoms with Gasteiger partial charge in [0.15, 0.2) is 0 Å². The van der Waals surface area contributed by atoms with Crippen molar-refractivity contribution in [2.24, 2.45) is 5.92 Å². The van der Waals surface area contributed by atoms with Crippen molar-refractivity contribution in [2.45, 2.75) is 57.8 Å². The number of hydrogen-bond donors (Lipinski definition) is 0. The first kappa shape index (κ1) is 14.9. The van der Waals surface area contributed by atoms with Crippen LogP contribution in [0.4, 0.5) is 0 Å². The molecule has 0 bridgehead atoms. The van der Waals surface area contributed by atoms with Crippen molar-refractivity contribution in [3.8, 4) is 6.07 Å². The summed E-state index contributed by atoms with van der Waals surface area (Å²) < 4.78 is 0. The van der Waals surface area contributed by atoms with Gasteiger partial charge in [-0.1, -0.05) is 31.2 Å². The first-order valence-electron chi connectivity index (χ1n) is 7.98. The largest absolute Gasteiger partial charge is 0.192 e. The van der Waals surface area contributed by atoms with Crippen molar-refractivity contribution in [3.05, 3.63) is 47.5 Å². The van der Waals surface area contributed by atoms with Gasteiger partial charge in [0.25, 0.3) is 0 Å². The second-order valence-corrected chi connectivity index (χ2v) is 5.91. The molecule has 0 heterocycles. The lowest BCUT2D eigenvalue weighted by Gasteiger charge is -2.28. The van der Waals surface area contributed by atoms with E-state index in [9.17, 15) is 0 Å². The zero-order chi connectivity index (χ0) is 14.2. The summed E-state index contributed by atoms with van der Waals surface area (Å²) in [7, 11) is 0. The number of rotatable bonds is 5. The molecule has 0 radical (unpaired) electrons. The summed E-state index contributed by atoms with van der Waals surface area (Å²) in [4.78, 5) is 0. The molecule has 1 saturated carbocycles. The molecule has 106 valence electrons. The van der Waals surface area contributed by atoms with Gasteiger partial charge in [0, 0.05) is 0 Å². The van der Waals surface area contributed by atoms with Gasteiger partial charge in [0.2, 0.25) is 0 Å². The second-order valence-electron chi connectivity index (χ2n) is 5.91. The van der Waals surface area contributed by atoms with E-state index in [1.54, 1.807) is 0 Å². The molecule has 0 amide bonds. The van der Waals surface area contributed by atoms with Gasteiger partial charge in [0.05, 0.1) is 11.6 Å². The maximum absolute atomic E-state index is 8.84. The van der Waals surface area contributed by atoms with Crippen LogP contribution in [0.5, 0.6) is 0 Å². The van der Waals surface area contributed by atoms with E-state index in [1.807, 2.05) is 12.1 Å². The van der Waals surface area contributed by atoms with Gasteiger partial charge in [-0.05, 0) is 74.5 Å². The Balaban J connectivity index is 1.78. The van der Waals surface area contributed by atoms with Crippen LogP contribution < -0.4 is 0 Å². The average Bonchev–Trinajstić information content (AvgIpc) is 2.52. The number of hydrogen-bond acceptors (Lipinski definition) is 1. The Bertz CT molecular complexity index is 456. The van der Waals surface area contributed by atoms with Gasteiger partial charge in [-0.2, -0.15) is 5.26 Å². The van der Waals surface area contributed by atoms with Gasteiger partial charge < -0.3 is 0 Å². The molecule has 1 nitrogen and oxygen atoms in total. The normalized spacial score (nSPS) is 22.8. The second kappa shape index (κ2) is 7.90. The number of benzene rings is 1. The highest BCUT2D eigenvalue weighted by Gasteiger charge is 2.21. The maximum atomic E-state index is 8.84. The monoisotopic (exact) mass is 267 g/mol. The predicted octanol–water partition coefficient (Wildman–Crippen LogP) is 5.58. The Morgan fingerprint density at radius 1 is 1.10 bits per heavy atom. The summed E-state index contributed by atoms with van der Waals surface area (Å²) in [5.74, 6) is 1.64. The molecule has 1 heteroatoms. The molecule has 0 unspecified atom stereocenters. The lowest BCUT2D eigenvalue weighted by atomic mass is 9.77. The van der Waals surface area contributed by atoms with Crippen LogP contribution in [-0.4, -0.2) is 0 Å². The van der Waals surface area contributed by atoms with Gasteiger partial charge in [-0.3, -0.25) is 0 Å². The van der Waals surface area contributed by atoms with Crippen LogP contribution in [0.15, 0.2) is 36.4 Å². The van der Waals surface area contributed by atoms with Crippen molar-refractivity contribution in [1.82, 2.24) is 0 Å². The van der Waals surface area contributed by atoms with Crippen molar-refractivity contribution in [2.75, 3.05) is 0 Å². The van der Waals surface area contributed by atoms with Crippen LogP contribution in [0.25, 0.3) is 0 Å². The molecule has 1 aromatic carbocycles. The standard InChI is InChI=1S/C19H25N/c1-2-3-4-5-6-16-7-11-18(12-8-16)19-13-9-17(15-20)10-14-19/h3-4,9-10,13-14,16,18H,2,5-8,11-12H2,1H3/b4-3+. The van der Waals surface area contributed by atoms with Crippen molar-refractivity contribution in [3.63, 3.8) is 0 Å². The van der Waals surface area contributed by atoms with Crippen LogP contribution in [0, 0.1) is 17.2 Å². The van der Waals surface area contributed by atoms with Crippen LogP contribution in [0.2, 0.25) is 0 Å². The van der Waals surface area contributed by atoms with E-state index < -0.39 is 0 Å². The lowest BCUT2D eigenvalue weighted by Crippen LogP contribution is -2.13. The molecule has 0 aliphatic heterocycles. The third kappa shape index (κ3) is 4.23. The minimum atomic E-state index is 0.713. The summed E-state index contributed by atoms with van der Waals surface area (Å²) in [6, 6.07) is 10.4. The van der Waals surface area contributed by atoms with E-state index in [-0.39, 0.29) is 0 Å². The van der Waals surface area contributed by atoms with Crippen LogP contribution >= 0.6 is 0 Å². The van der Waals surface area contributed by atoms with E-state index in [4.69, 9.17) is 5.26 Å². The number of nitrogens with zero attached hydrogens (tertiary/aromatic N) is 1. The summed E-state index contributed by atoms with van der Waals surface area (Å²) in [6.07, 6.45) is 13.7. The molecule has 0 N–H and O–H groups in total. The summed E-state index contributed by atoms with van der Waals surface area (Å²) in [6.45, 7) is 2.19. The van der Waals surface area contributed by atoms with Crippen molar-refractivity contribution in [1.29, 1.82) is 5.26 Å². The fraction of sp³-hybridized carbons (Fsp3) is 0.526. The van der Waals surface area contributed by atoms with Gasteiger partial charge >= 0.3 is 0 Å². The highest BCUT2D eigenvalue weighted by atomic mass is 14.3. The summed E-state index contributed by atoms with van der Waals surface area (Å²) >= 11 is 0. The number of nitriles is 1. The molecule has 0 aromatic heterocycles. The minimum absolute atomic E-state index is 0.713. The first-order valence-corrected chi connectivity index (χ1v) is 7.98. The van der Waals surface area contributed by atoms with E-state index in [1.165, 1.54) is 44.1 Å². The highest BCUT2D eigenvalue weighted by molar-refractivity contribution is 5.33. The molecule has 1 aliphatic rings. The predicted molar refractivity (Wildman–Crippen MR) is 84.5 cm³/mol. The molecule has 2 rings (SSSR count). The smallest absolute Gasteiger partial charge is 0.0991 e. The molecular weight excluding hydrogens is 242 g/mol. The Labute approximate surface area is 123 Å². The Morgan fingerprint density at radius 3 is 2.40 bits per heavy atom. The first-order chi connectivity index (χ1) is 9.83. The van der Waals surface area contributed by atoms with E-state index in [0.717, 1.165) is 17.9 Å². The lowest BCUT2D eigenvalue weighted by molar-refractivity contribution is 0.312. The van der Waals surface area contributed by atoms with Crippen LogP contribution in [0.3, 0.4) is 0 Å². The quantitative estimate of drug-likeness (QED) is 0.639. The molecule has 0 atom stereocenters. The van der Waals surface area contributed by atoms with E-state index >= 15 is 0 Å². The number of allylic oxidation sites excluding steroid dienone is 2. The fourth-order valence-corrected chi connectivity index (χ4v) is 3.23. The molecule has 1 fully saturated rings. The fourth-order valence-electron chi connectivity index (χ4n) is 3.23. The third-order valence-corrected chi connectivity index (χ3v) is 4.50. The SMILES string of the molecule is CC/C=C/CCC1CCC(c2ccc(C#N)cc2)CC1. The topological polar surface area (TPSA) is 23.8 Å². The van der Waals surface area contributed by atoms with Crippen molar-refractivity contribution < 1.29 is 0 Å². The zero-order valence-corrected chi connectivity index (χ0v) is 12.5. The van der Waals surface area contributed by atoms with Crippen LogP contribution in [-0.2, 0) is 0 Å². The van der Waals surface area contributed by atoms with Crippen LogP contribution in [0.1, 0.15) is 68.9 Å². The Hall–Kier alpha value is -1.55. The zero-order valence-electron chi connectivity index (χ0n) is 12.5. The van der Waals surface area contributed by atoms with Gasteiger partial charge in [-0.25, -0.2) is 0 Å². The molecule has 1 aromatic rings. The molecule has 0 saturated heterocycles. The van der Waals surface area contributed by atoms with E-state index in [2.05, 4.69) is 37.3 Å². The van der Waals surface area contributed by atoms with Gasteiger partial charge in [0.1, 0.15) is 0 Å². The molecule has 1 aliphatic carbocycles. The summed E-state index contributed by atoms with van der Waals surface area (Å²) in [5.41, 5.74) is 2.19. The maximum Gasteiger partial charge on any atom is 0.0991 e. The average molecular weight is 267 g/mol. The minimum Gasteiger partial charge on any atom is -0.192 e. The Kier molecular flexibility index (Phi) is 5.87. The molecular formula is C19H25N. The molecule has 20 heavy (non-hydrogen) atoms. The third-order valence-electron chi connectivity index (χ3n) is 4.50. The Morgan fingerprint density at radius 2 is 1.80 bits per heavy atom. The van der Waals surface area contributed by atoms with E-state index in [0.29, 0.717) is 5.92 Å².